The number of imidazole rings is 1. The number of carbonyl (C=O) groups is 1. The van der Waals surface area contributed by atoms with E-state index in [9.17, 15) is 18.7 Å². The zero-order valence-electron chi connectivity index (χ0n) is 10.8. The van der Waals surface area contributed by atoms with Crippen LogP contribution in [-0.2, 0) is 0 Å². The fraction of sp³-hybridized carbons (Fsp3) is 0. The second-order valence-electron chi connectivity index (χ2n) is 4.44. The van der Waals surface area contributed by atoms with Crippen LogP contribution in [0.2, 0.25) is 5.02 Å². The minimum Gasteiger partial charge on any atom is -0.478 e. The molecule has 0 radical (unpaired) electrons. The summed E-state index contributed by atoms with van der Waals surface area (Å²) in [6, 6.07) is 3.73. The molecule has 0 saturated carbocycles. The van der Waals surface area contributed by atoms with Crippen LogP contribution in [0.5, 0.6) is 0 Å². The van der Waals surface area contributed by atoms with E-state index in [0.717, 1.165) is 6.07 Å². The molecule has 0 aliphatic heterocycles. The summed E-state index contributed by atoms with van der Waals surface area (Å²) in [5.41, 5.74) is -0.881. The molecule has 0 spiro atoms. The maximum atomic E-state index is 14.5. The summed E-state index contributed by atoms with van der Waals surface area (Å²) in [4.78, 5) is 15.1. The summed E-state index contributed by atoms with van der Waals surface area (Å²) in [7, 11) is 0. The Morgan fingerprint density at radius 2 is 2.14 bits per heavy atom. The van der Waals surface area contributed by atoms with E-state index >= 15 is 0 Å². The largest absolute Gasteiger partial charge is 0.478 e. The molecule has 3 rings (SSSR count). The van der Waals surface area contributed by atoms with Crippen molar-refractivity contribution in [1.29, 1.82) is 0 Å². The van der Waals surface area contributed by atoms with Gasteiger partial charge in [-0.15, -0.1) is 0 Å². The van der Waals surface area contributed by atoms with Gasteiger partial charge in [-0.05, 0) is 18.2 Å². The van der Waals surface area contributed by atoms with Gasteiger partial charge in [-0.2, -0.15) is 0 Å². The van der Waals surface area contributed by atoms with Crippen molar-refractivity contribution >= 4 is 34.6 Å². The number of fused-ring (bicyclic) bond motifs is 1. The highest BCUT2D eigenvalue weighted by molar-refractivity contribution is 6.30. The Labute approximate surface area is 127 Å². The van der Waals surface area contributed by atoms with Gasteiger partial charge in [0.25, 0.3) is 0 Å². The Bertz CT molecular complexity index is 895. The zero-order chi connectivity index (χ0) is 15.9. The molecular formula is C14H8ClF2N3O2. The third-order valence-corrected chi connectivity index (χ3v) is 3.28. The third kappa shape index (κ3) is 2.35. The van der Waals surface area contributed by atoms with Gasteiger partial charge in [-0.1, -0.05) is 11.6 Å². The topological polar surface area (TPSA) is 66.6 Å². The van der Waals surface area contributed by atoms with Gasteiger partial charge in [-0.25, -0.2) is 18.6 Å². The number of pyridine rings is 1. The summed E-state index contributed by atoms with van der Waals surface area (Å²) in [6.45, 7) is 0. The molecular weight excluding hydrogens is 316 g/mol. The minimum absolute atomic E-state index is 0.0677. The first kappa shape index (κ1) is 14.3. The highest BCUT2D eigenvalue weighted by Gasteiger charge is 2.20. The van der Waals surface area contributed by atoms with Crippen molar-refractivity contribution in [1.82, 2.24) is 9.38 Å². The molecule has 0 amide bonds. The van der Waals surface area contributed by atoms with E-state index in [2.05, 4.69) is 10.3 Å². The van der Waals surface area contributed by atoms with Crippen LogP contribution in [0.1, 0.15) is 10.4 Å². The van der Waals surface area contributed by atoms with Gasteiger partial charge in [0.1, 0.15) is 11.4 Å². The highest BCUT2D eigenvalue weighted by Crippen LogP contribution is 2.29. The average molecular weight is 324 g/mol. The number of nitrogens with one attached hydrogen (secondary N) is 1. The number of hydrogen-bond donors (Lipinski definition) is 2. The van der Waals surface area contributed by atoms with Crippen molar-refractivity contribution in [2.24, 2.45) is 0 Å². The van der Waals surface area contributed by atoms with Crippen LogP contribution in [0.25, 0.3) is 5.65 Å². The summed E-state index contributed by atoms with van der Waals surface area (Å²) < 4.78 is 29.5. The Kier molecular flexibility index (Phi) is 3.42. The molecule has 0 aliphatic rings. The zero-order valence-corrected chi connectivity index (χ0v) is 11.6. The van der Waals surface area contributed by atoms with Gasteiger partial charge in [0.2, 0.25) is 0 Å². The number of aromatic nitrogens is 2. The smallest absolute Gasteiger partial charge is 0.339 e. The van der Waals surface area contributed by atoms with E-state index in [1.165, 1.54) is 35.1 Å². The molecule has 0 bridgehead atoms. The summed E-state index contributed by atoms with van der Waals surface area (Å²) in [5.74, 6) is -2.97. The number of carboxylic acids is 1. The molecule has 2 heterocycles. The van der Waals surface area contributed by atoms with Gasteiger partial charge >= 0.3 is 5.97 Å². The fourth-order valence-electron chi connectivity index (χ4n) is 2.03. The number of aromatic carboxylic acids is 1. The summed E-state index contributed by atoms with van der Waals surface area (Å²) in [6.07, 6.45) is 3.94. The lowest BCUT2D eigenvalue weighted by Gasteiger charge is -2.12. The van der Waals surface area contributed by atoms with Crippen molar-refractivity contribution < 1.29 is 18.7 Å². The molecule has 0 saturated heterocycles. The molecule has 8 heteroatoms. The Morgan fingerprint density at radius 1 is 1.36 bits per heavy atom. The fourth-order valence-corrected chi connectivity index (χ4v) is 2.19. The number of anilines is 2. The molecule has 3 aromatic rings. The van der Waals surface area contributed by atoms with Crippen LogP contribution >= 0.6 is 11.6 Å². The van der Waals surface area contributed by atoms with E-state index < -0.39 is 17.6 Å². The number of halogens is 3. The first-order chi connectivity index (χ1) is 10.5. The lowest BCUT2D eigenvalue weighted by Crippen LogP contribution is -2.08. The first-order valence-corrected chi connectivity index (χ1v) is 6.45. The van der Waals surface area contributed by atoms with Gasteiger partial charge in [0.15, 0.2) is 11.5 Å². The van der Waals surface area contributed by atoms with Crippen molar-refractivity contribution in [3.63, 3.8) is 0 Å². The number of benzene rings is 1. The number of carboxylic acid groups (broad SMARTS) is 1. The lowest BCUT2D eigenvalue weighted by atomic mass is 10.2. The van der Waals surface area contributed by atoms with E-state index in [-0.39, 0.29) is 27.6 Å². The predicted molar refractivity (Wildman–Crippen MR) is 76.8 cm³/mol. The van der Waals surface area contributed by atoms with Crippen LogP contribution < -0.4 is 5.32 Å². The number of rotatable bonds is 3. The van der Waals surface area contributed by atoms with E-state index in [4.69, 9.17) is 11.6 Å². The quantitative estimate of drug-likeness (QED) is 0.771. The van der Waals surface area contributed by atoms with Crippen molar-refractivity contribution in [2.75, 3.05) is 5.32 Å². The van der Waals surface area contributed by atoms with Crippen LogP contribution in [0.15, 0.2) is 36.8 Å². The van der Waals surface area contributed by atoms with Crippen LogP contribution in [0, 0.1) is 11.6 Å². The number of nitrogens with zero attached hydrogens (tertiary/aromatic N) is 2. The van der Waals surface area contributed by atoms with Gasteiger partial charge in [0.05, 0.1) is 11.4 Å². The minimum atomic E-state index is -1.36. The molecule has 5 nitrogen and oxygen atoms in total. The van der Waals surface area contributed by atoms with Crippen LogP contribution in [-0.4, -0.2) is 20.5 Å². The van der Waals surface area contributed by atoms with Gasteiger partial charge in [0, 0.05) is 23.6 Å². The number of hydrogen-bond acceptors (Lipinski definition) is 3. The SMILES string of the molecule is O=C(O)c1cn2ccnc2c(F)c1Nc1ccc(Cl)cc1F. The van der Waals surface area contributed by atoms with Gasteiger partial charge in [-0.3, -0.25) is 0 Å². The molecule has 1 aromatic carbocycles. The van der Waals surface area contributed by atoms with Crippen molar-refractivity contribution in [2.45, 2.75) is 0 Å². The van der Waals surface area contributed by atoms with E-state index in [1.54, 1.807) is 0 Å². The Hall–Kier alpha value is -2.67. The second-order valence-corrected chi connectivity index (χ2v) is 4.88. The van der Waals surface area contributed by atoms with Gasteiger partial charge < -0.3 is 14.8 Å². The molecule has 2 N–H and O–H groups in total. The standard InChI is InChI=1S/C14H8ClF2N3O2/c15-7-1-2-10(9(16)5-7)19-12-8(14(21)22)6-20-4-3-18-13(20)11(12)17/h1-6,19H,(H,21,22). The highest BCUT2D eigenvalue weighted by atomic mass is 35.5. The second kappa shape index (κ2) is 5.27. The maximum Gasteiger partial charge on any atom is 0.339 e. The van der Waals surface area contributed by atoms with Crippen molar-refractivity contribution in [3.8, 4) is 0 Å². The molecule has 0 fully saturated rings. The first-order valence-electron chi connectivity index (χ1n) is 6.08. The van der Waals surface area contributed by atoms with Crippen LogP contribution in [0.4, 0.5) is 20.2 Å². The van der Waals surface area contributed by atoms with Crippen LogP contribution in [0.3, 0.4) is 0 Å². The molecule has 0 atom stereocenters. The molecule has 112 valence electrons. The molecule has 22 heavy (non-hydrogen) atoms. The monoisotopic (exact) mass is 323 g/mol. The maximum absolute atomic E-state index is 14.5. The molecule has 2 aromatic heterocycles. The third-order valence-electron chi connectivity index (χ3n) is 3.04. The average Bonchev–Trinajstić information content (AvgIpc) is 2.92. The summed E-state index contributed by atoms with van der Waals surface area (Å²) >= 11 is 5.65. The normalized spacial score (nSPS) is 10.9. The molecule has 0 unspecified atom stereocenters. The Morgan fingerprint density at radius 3 is 2.82 bits per heavy atom. The Balaban J connectivity index is 2.18. The summed E-state index contributed by atoms with van der Waals surface area (Å²) in [5, 5.41) is 11.9. The van der Waals surface area contributed by atoms with E-state index in [0.29, 0.717) is 0 Å². The molecule has 0 aliphatic carbocycles. The predicted octanol–water partition coefficient (Wildman–Crippen LogP) is 3.71. The lowest BCUT2D eigenvalue weighted by molar-refractivity contribution is 0.0697. The van der Waals surface area contributed by atoms with E-state index in [1.807, 2.05) is 0 Å². The van der Waals surface area contributed by atoms with Crippen molar-refractivity contribution in [3.05, 3.63) is 59.0 Å².